The highest BCUT2D eigenvalue weighted by molar-refractivity contribution is 5.66. The Bertz CT molecular complexity index is 549. The number of hydrogen-bond donors (Lipinski definition) is 1. The van der Waals surface area contributed by atoms with Crippen LogP contribution in [0.25, 0.3) is 11.5 Å². The number of nitrogens with two attached hydrogens (primary N) is 1. The second kappa shape index (κ2) is 5.18. The Morgan fingerprint density at radius 1 is 1.33 bits per heavy atom. The minimum Gasteiger partial charge on any atom is -0.399 e. The molecule has 5 nitrogen and oxygen atoms in total. The SMILES string of the molecule is COCCc1noc(-c2cc(N)cc(C)c2C)n1. The van der Waals surface area contributed by atoms with Gasteiger partial charge >= 0.3 is 0 Å². The van der Waals surface area contributed by atoms with E-state index in [0.29, 0.717) is 30.4 Å². The number of hydrogen-bond acceptors (Lipinski definition) is 5. The predicted octanol–water partition coefficient (Wildman–Crippen LogP) is 2.12. The lowest BCUT2D eigenvalue weighted by molar-refractivity contribution is 0.199. The van der Waals surface area contributed by atoms with Crippen LogP contribution in [0.4, 0.5) is 5.69 Å². The maximum atomic E-state index is 5.84. The van der Waals surface area contributed by atoms with E-state index in [-0.39, 0.29) is 0 Å². The van der Waals surface area contributed by atoms with E-state index >= 15 is 0 Å². The summed E-state index contributed by atoms with van der Waals surface area (Å²) in [6.07, 6.45) is 0.639. The molecule has 0 spiro atoms. The maximum Gasteiger partial charge on any atom is 0.258 e. The molecule has 2 rings (SSSR count). The molecule has 0 atom stereocenters. The summed E-state index contributed by atoms with van der Waals surface area (Å²) < 4.78 is 10.2. The van der Waals surface area contributed by atoms with Crippen molar-refractivity contribution in [1.29, 1.82) is 0 Å². The first-order chi connectivity index (χ1) is 8.61. The molecule has 1 aromatic heterocycles. The summed E-state index contributed by atoms with van der Waals surface area (Å²) in [4.78, 5) is 4.35. The monoisotopic (exact) mass is 247 g/mol. The fourth-order valence-electron chi connectivity index (χ4n) is 1.77. The Labute approximate surface area is 106 Å². The first-order valence-corrected chi connectivity index (χ1v) is 5.80. The number of rotatable bonds is 4. The minimum atomic E-state index is 0.508. The lowest BCUT2D eigenvalue weighted by Gasteiger charge is -2.06. The third-order valence-corrected chi connectivity index (χ3v) is 2.92. The molecule has 0 fully saturated rings. The van der Waals surface area contributed by atoms with Crippen LogP contribution in [-0.2, 0) is 11.2 Å². The molecule has 0 saturated heterocycles. The fraction of sp³-hybridized carbons (Fsp3) is 0.385. The van der Waals surface area contributed by atoms with Gasteiger partial charge in [0.15, 0.2) is 5.82 Å². The molecule has 2 N–H and O–H groups in total. The van der Waals surface area contributed by atoms with E-state index in [1.165, 1.54) is 0 Å². The topological polar surface area (TPSA) is 74.2 Å². The molecule has 5 heteroatoms. The molecular weight excluding hydrogens is 230 g/mol. The van der Waals surface area contributed by atoms with Crippen LogP contribution in [0.15, 0.2) is 16.7 Å². The van der Waals surface area contributed by atoms with Gasteiger partial charge < -0.3 is 15.0 Å². The molecule has 96 valence electrons. The van der Waals surface area contributed by atoms with Gasteiger partial charge in [0.2, 0.25) is 0 Å². The molecular formula is C13H17N3O2. The molecule has 1 aromatic carbocycles. The quantitative estimate of drug-likeness (QED) is 0.838. The molecule has 0 aliphatic rings. The molecule has 0 aliphatic heterocycles. The number of anilines is 1. The number of nitrogen functional groups attached to an aromatic ring is 1. The first-order valence-electron chi connectivity index (χ1n) is 5.80. The van der Waals surface area contributed by atoms with E-state index in [9.17, 15) is 0 Å². The van der Waals surface area contributed by atoms with E-state index in [1.807, 2.05) is 26.0 Å². The van der Waals surface area contributed by atoms with Gasteiger partial charge in [0.25, 0.3) is 5.89 Å². The van der Waals surface area contributed by atoms with E-state index in [1.54, 1.807) is 7.11 Å². The van der Waals surface area contributed by atoms with Gasteiger partial charge in [-0.05, 0) is 37.1 Å². The zero-order valence-corrected chi connectivity index (χ0v) is 10.9. The Balaban J connectivity index is 2.34. The van der Waals surface area contributed by atoms with E-state index in [4.69, 9.17) is 15.0 Å². The second-order valence-electron chi connectivity index (χ2n) is 4.27. The van der Waals surface area contributed by atoms with Gasteiger partial charge in [0, 0.05) is 24.8 Å². The van der Waals surface area contributed by atoms with Gasteiger partial charge in [-0.1, -0.05) is 5.16 Å². The van der Waals surface area contributed by atoms with E-state index in [0.717, 1.165) is 16.7 Å². The van der Waals surface area contributed by atoms with Crippen molar-refractivity contribution in [1.82, 2.24) is 10.1 Å². The number of methoxy groups -OCH3 is 1. The summed E-state index contributed by atoms with van der Waals surface area (Å²) in [7, 11) is 1.65. The summed E-state index contributed by atoms with van der Waals surface area (Å²) in [5, 5.41) is 3.92. The zero-order chi connectivity index (χ0) is 13.1. The number of aromatic nitrogens is 2. The smallest absolute Gasteiger partial charge is 0.258 e. The molecule has 0 amide bonds. The van der Waals surface area contributed by atoms with Crippen molar-refractivity contribution in [2.45, 2.75) is 20.3 Å². The number of benzene rings is 1. The maximum absolute atomic E-state index is 5.84. The summed E-state index contributed by atoms with van der Waals surface area (Å²) in [6, 6.07) is 3.79. The third kappa shape index (κ3) is 2.51. The van der Waals surface area contributed by atoms with Gasteiger partial charge in [-0.2, -0.15) is 4.98 Å². The highest BCUT2D eigenvalue weighted by Gasteiger charge is 2.13. The van der Waals surface area contributed by atoms with Crippen LogP contribution in [0.5, 0.6) is 0 Å². The summed E-state index contributed by atoms with van der Waals surface area (Å²) in [5.74, 6) is 1.15. The Morgan fingerprint density at radius 3 is 2.83 bits per heavy atom. The van der Waals surface area contributed by atoms with Gasteiger partial charge in [0.05, 0.1) is 6.61 Å². The molecule has 2 aromatic rings. The van der Waals surface area contributed by atoms with Crippen LogP contribution in [0.2, 0.25) is 0 Å². The number of nitrogens with zero attached hydrogens (tertiary/aromatic N) is 2. The fourth-order valence-corrected chi connectivity index (χ4v) is 1.77. The van der Waals surface area contributed by atoms with Crippen molar-refractivity contribution in [3.05, 3.63) is 29.1 Å². The predicted molar refractivity (Wildman–Crippen MR) is 69.2 cm³/mol. The summed E-state index contributed by atoms with van der Waals surface area (Å²) in [6.45, 7) is 4.61. The van der Waals surface area contributed by atoms with Crippen molar-refractivity contribution in [2.75, 3.05) is 19.5 Å². The molecule has 0 radical (unpaired) electrons. The Hall–Kier alpha value is -1.88. The van der Waals surface area contributed by atoms with Crippen LogP contribution in [-0.4, -0.2) is 23.9 Å². The average Bonchev–Trinajstić information content (AvgIpc) is 2.79. The molecule has 0 bridgehead atoms. The van der Waals surface area contributed by atoms with Crippen LogP contribution in [0.3, 0.4) is 0 Å². The van der Waals surface area contributed by atoms with Gasteiger partial charge in [-0.3, -0.25) is 0 Å². The Morgan fingerprint density at radius 2 is 2.11 bits per heavy atom. The molecule has 1 heterocycles. The first kappa shape index (κ1) is 12.6. The van der Waals surface area contributed by atoms with Crippen LogP contribution < -0.4 is 5.73 Å². The van der Waals surface area contributed by atoms with Crippen molar-refractivity contribution < 1.29 is 9.26 Å². The summed E-state index contributed by atoms with van der Waals surface area (Å²) >= 11 is 0. The second-order valence-corrected chi connectivity index (χ2v) is 4.27. The lowest BCUT2D eigenvalue weighted by Crippen LogP contribution is -1.96. The standard InChI is InChI=1S/C13H17N3O2/c1-8-6-10(14)7-11(9(8)2)13-15-12(16-18-13)4-5-17-3/h6-7H,4-5,14H2,1-3H3. The lowest BCUT2D eigenvalue weighted by atomic mass is 10.0. The molecule has 0 unspecified atom stereocenters. The Kier molecular flexibility index (Phi) is 3.62. The minimum absolute atomic E-state index is 0.508. The molecule has 0 aliphatic carbocycles. The highest BCUT2D eigenvalue weighted by Crippen LogP contribution is 2.26. The average molecular weight is 247 g/mol. The largest absolute Gasteiger partial charge is 0.399 e. The van der Waals surface area contributed by atoms with Crippen molar-refractivity contribution in [3.8, 4) is 11.5 Å². The number of aryl methyl sites for hydroxylation is 1. The van der Waals surface area contributed by atoms with Gasteiger partial charge in [-0.15, -0.1) is 0 Å². The van der Waals surface area contributed by atoms with E-state index < -0.39 is 0 Å². The highest BCUT2D eigenvalue weighted by atomic mass is 16.5. The van der Waals surface area contributed by atoms with Crippen LogP contribution in [0.1, 0.15) is 17.0 Å². The number of ether oxygens (including phenoxy) is 1. The van der Waals surface area contributed by atoms with Crippen LogP contribution in [0, 0.1) is 13.8 Å². The molecule has 0 saturated carbocycles. The van der Waals surface area contributed by atoms with Gasteiger partial charge in [0.1, 0.15) is 0 Å². The summed E-state index contributed by atoms with van der Waals surface area (Å²) in [5.41, 5.74) is 9.65. The zero-order valence-electron chi connectivity index (χ0n) is 10.9. The third-order valence-electron chi connectivity index (χ3n) is 2.92. The van der Waals surface area contributed by atoms with Crippen LogP contribution >= 0.6 is 0 Å². The van der Waals surface area contributed by atoms with Crippen molar-refractivity contribution in [3.63, 3.8) is 0 Å². The molecule has 18 heavy (non-hydrogen) atoms. The van der Waals surface area contributed by atoms with Gasteiger partial charge in [-0.25, -0.2) is 0 Å². The normalized spacial score (nSPS) is 10.8. The van der Waals surface area contributed by atoms with Crippen molar-refractivity contribution >= 4 is 5.69 Å². The van der Waals surface area contributed by atoms with E-state index in [2.05, 4.69) is 10.1 Å². The van der Waals surface area contributed by atoms with Crippen molar-refractivity contribution in [2.24, 2.45) is 0 Å².